The lowest BCUT2D eigenvalue weighted by atomic mass is 9.84. The van der Waals surface area contributed by atoms with E-state index in [1.165, 1.54) is 99.8 Å². The minimum atomic E-state index is 0.344. The van der Waals surface area contributed by atoms with E-state index in [4.69, 9.17) is 0 Å². The molecule has 52 heavy (non-hydrogen) atoms. The van der Waals surface area contributed by atoms with Crippen LogP contribution in [-0.4, -0.2) is 0 Å². The largest absolute Gasteiger partial charge is 0.314 e. The van der Waals surface area contributed by atoms with E-state index < -0.39 is 0 Å². The van der Waals surface area contributed by atoms with Crippen molar-refractivity contribution in [2.75, 3.05) is 9.80 Å². The summed E-state index contributed by atoms with van der Waals surface area (Å²) in [5.74, 6) is 0.697. The highest BCUT2D eigenvalue weighted by molar-refractivity contribution is 6.29. The van der Waals surface area contributed by atoms with Crippen LogP contribution in [0.2, 0.25) is 0 Å². The summed E-state index contributed by atoms with van der Waals surface area (Å²) in [6.07, 6.45) is 6.75. The molecule has 0 spiro atoms. The molecule has 0 saturated carbocycles. The monoisotopic (exact) mass is 678 g/mol. The van der Waals surface area contributed by atoms with Crippen molar-refractivity contribution in [1.29, 1.82) is 0 Å². The third-order valence-corrected chi connectivity index (χ3v) is 11.1. The summed E-state index contributed by atoms with van der Waals surface area (Å²) in [6.45, 7) is 18.1. The summed E-state index contributed by atoms with van der Waals surface area (Å²) >= 11 is 0. The molecule has 0 bridgehead atoms. The number of allylic oxidation sites excluding steroid dienone is 4. The highest BCUT2D eigenvalue weighted by Gasteiger charge is 2.26. The number of hydrogen-bond donors (Lipinski definition) is 0. The fourth-order valence-corrected chi connectivity index (χ4v) is 8.22. The Labute approximate surface area is 310 Å². The second-order valence-corrected chi connectivity index (χ2v) is 15.7. The van der Waals surface area contributed by atoms with Gasteiger partial charge in [0.2, 0.25) is 0 Å². The maximum Gasteiger partial charge on any atom is 0.0543 e. The standard InChI is InChI=1S/C50H50N2/c1-31(2)45-29-47(51(37-17-9-33(5)10-18-37)38-19-11-34(6)12-20-38)43-28-26-42-46(32(3)4)30-48(44-27-25-41(45)49(43)50(42)44)52(39-21-13-35(7)14-22-39)40-23-15-36(8)16-24-40/h9-15,17-23,25-32H,16,24H2,1-8H3. The zero-order valence-electron chi connectivity index (χ0n) is 32.0. The Balaban J connectivity index is 1.50. The van der Waals surface area contributed by atoms with Crippen LogP contribution < -0.4 is 9.80 Å². The van der Waals surface area contributed by atoms with Crippen LogP contribution in [0.15, 0.2) is 133 Å². The van der Waals surface area contributed by atoms with Crippen LogP contribution in [0, 0.1) is 20.8 Å². The first kappa shape index (κ1) is 33.8. The molecule has 0 unspecified atom stereocenters. The van der Waals surface area contributed by atoms with Crippen LogP contribution in [-0.2, 0) is 0 Å². The van der Waals surface area contributed by atoms with E-state index in [0.717, 1.165) is 12.8 Å². The van der Waals surface area contributed by atoms with E-state index in [9.17, 15) is 0 Å². The summed E-state index contributed by atoms with van der Waals surface area (Å²) in [5.41, 5.74) is 15.4. The maximum absolute atomic E-state index is 2.55. The first-order chi connectivity index (χ1) is 25.1. The molecule has 0 radical (unpaired) electrons. The Morgan fingerprint density at radius 2 is 0.808 bits per heavy atom. The van der Waals surface area contributed by atoms with Crippen LogP contribution in [0.1, 0.15) is 87.1 Å². The molecule has 260 valence electrons. The van der Waals surface area contributed by atoms with Gasteiger partial charge in [0, 0.05) is 33.5 Å². The number of hydrogen-bond acceptors (Lipinski definition) is 2. The molecule has 1 aliphatic carbocycles. The van der Waals surface area contributed by atoms with Gasteiger partial charge in [0.1, 0.15) is 0 Å². The smallest absolute Gasteiger partial charge is 0.0543 e. The quantitative estimate of drug-likeness (QED) is 0.148. The SMILES string of the molecule is CC1=CC=C(N(c2ccc(C)cc2)c2cc(C(C)C)c3ccc4c(N(c5ccc(C)cc5)c5ccc(C)cc5)cc(C(C)C)c5ccc2c3c54)CC1. The molecule has 2 nitrogen and oxygen atoms in total. The molecule has 7 aromatic carbocycles. The summed E-state index contributed by atoms with van der Waals surface area (Å²) in [6, 6.07) is 41.7. The van der Waals surface area contributed by atoms with Gasteiger partial charge < -0.3 is 9.80 Å². The first-order valence-electron chi connectivity index (χ1n) is 19.0. The molecular formula is C50H50N2. The van der Waals surface area contributed by atoms with Gasteiger partial charge in [-0.25, -0.2) is 0 Å². The predicted molar refractivity (Wildman–Crippen MR) is 227 cm³/mol. The van der Waals surface area contributed by atoms with Gasteiger partial charge in [0.15, 0.2) is 0 Å². The molecule has 0 aliphatic heterocycles. The lowest BCUT2D eigenvalue weighted by Gasteiger charge is -2.33. The average molecular weight is 679 g/mol. The van der Waals surface area contributed by atoms with Gasteiger partial charge in [-0.15, -0.1) is 0 Å². The molecular weight excluding hydrogens is 629 g/mol. The Bertz CT molecular complexity index is 2430. The third kappa shape index (κ3) is 5.85. The minimum Gasteiger partial charge on any atom is -0.314 e. The van der Waals surface area contributed by atoms with Crippen molar-refractivity contribution in [3.63, 3.8) is 0 Å². The van der Waals surface area contributed by atoms with Crippen molar-refractivity contribution in [3.05, 3.63) is 160 Å². The number of rotatable bonds is 8. The van der Waals surface area contributed by atoms with Crippen LogP contribution in [0.25, 0.3) is 32.3 Å². The lowest BCUT2D eigenvalue weighted by Crippen LogP contribution is -2.19. The molecule has 0 N–H and O–H groups in total. The van der Waals surface area contributed by atoms with Crippen molar-refractivity contribution in [1.82, 2.24) is 0 Å². The van der Waals surface area contributed by atoms with Gasteiger partial charge in [-0.2, -0.15) is 0 Å². The van der Waals surface area contributed by atoms with E-state index in [2.05, 4.69) is 187 Å². The van der Waals surface area contributed by atoms with Crippen molar-refractivity contribution < 1.29 is 0 Å². The van der Waals surface area contributed by atoms with E-state index in [0.29, 0.717) is 11.8 Å². The van der Waals surface area contributed by atoms with E-state index in [1.54, 1.807) is 0 Å². The predicted octanol–water partition coefficient (Wildman–Crippen LogP) is 15.0. The highest BCUT2D eigenvalue weighted by Crippen LogP contribution is 2.50. The second kappa shape index (κ2) is 13.3. The average Bonchev–Trinajstić information content (AvgIpc) is 3.14. The Morgan fingerprint density at radius 1 is 0.423 bits per heavy atom. The van der Waals surface area contributed by atoms with Gasteiger partial charge in [-0.1, -0.05) is 117 Å². The first-order valence-corrected chi connectivity index (χ1v) is 19.0. The van der Waals surface area contributed by atoms with Crippen molar-refractivity contribution in [2.24, 2.45) is 0 Å². The Morgan fingerprint density at radius 3 is 1.19 bits per heavy atom. The zero-order chi connectivity index (χ0) is 36.3. The zero-order valence-corrected chi connectivity index (χ0v) is 32.0. The molecule has 0 fully saturated rings. The van der Waals surface area contributed by atoms with Crippen LogP contribution >= 0.6 is 0 Å². The van der Waals surface area contributed by atoms with E-state index >= 15 is 0 Å². The van der Waals surface area contributed by atoms with Crippen LogP contribution in [0.4, 0.5) is 28.4 Å². The third-order valence-electron chi connectivity index (χ3n) is 11.1. The molecule has 7 aromatic rings. The number of anilines is 5. The van der Waals surface area contributed by atoms with Gasteiger partial charge in [-0.05, 0) is 140 Å². The second-order valence-electron chi connectivity index (χ2n) is 15.7. The lowest BCUT2D eigenvalue weighted by molar-refractivity contribution is 0.866. The van der Waals surface area contributed by atoms with Gasteiger partial charge in [-0.3, -0.25) is 0 Å². The Kier molecular flexibility index (Phi) is 8.66. The summed E-state index contributed by atoms with van der Waals surface area (Å²) in [5, 5.41) is 8.02. The molecule has 0 aromatic heterocycles. The van der Waals surface area contributed by atoms with Crippen molar-refractivity contribution >= 4 is 60.8 Å². The molecule has 0 saturated heterocycles. The van der Waals surface area contributed by atoms with E-state index in [1.807, 2.05) is 0 Å². The van der Waals surface area contributed by atoms with Crippen molar-refractivity contribution in [3.8, 4) is 0 Å². The fraction of sp³-hybridized carbons (Fsp3) is 0.240. The molecule has 2 heteroatoms. The normalized spacial score (nSPS) is 13.4. The molecule has 0 heterocycles. The molecule has 0 atom stereocenters. The summed E-state index contributed by atoms with van der Waals surface area (Å²) < 4.78 is 0. The van der Waals surface area contributed by atoms with Crippen molar-refractivity contribution in [2.45, 2.75) is 80.1 Å². The number of nitrogens with zero attached hydrogens (tertiary/aromatic N) is 2. The van der Waals surface area contributed by atoms with Gasteiger partial charge >= 0.3 is 0 Å². The fourth-order valence-electron chi connectivity index (χ4n) is 8.22. The Hall–Kier alpha value is -5.34. The summed E-state index contributed by atoms with van der Waals surface area (Å²) in [7, 11) is 0. The van der Waals surface area contributed by atoms with Crippen LogP contribution in [0.3, 0.4) is 0 Å². The molecule has 0 amide bonds. The van der Waals surface area contributed by atoms with Crippen LogP contribution in [0.5, 0.6) is 0 Å². The summed E-state index contributed by atoms with van der Waals surface area (Å²) in [4.78, 5) is 5.02. The minimum absolute atomic E-state index is 0.344. The van der Waals surface area contributed by atoms with E-state index in [-0.39, 0.29) is 0 Å². The number of benzene rings is 7. The maximum atomic E-state index is 2.55. The molecule has 8 rings (SSSR count). The topological polar surface area (TPSA) is 6.48 Å². The van der Waals surface area contributed by atoms with Gasteiger partial charge in [0.25, 0.3) is 0 Å². The molecule has 1 aliphatic rings. The number of aryl methyl sites for hydroxylation is 3. The van der Waals surface area contributed by atoms with Gasteiger partial charge in [0.05, 0.1) is 11.4 Å². The highest BCUT2D eigenvalue weighted by atomic mass is 15.2.